The van der Waals surface area contributed by atoms with Gasteiger partial charge in [0.25, 0.3) is 0 Å². The summed E-state index contributed by atoms with van der Waals surface area (Å²) in [7, 11) is 0. The van der Waals surface area contributed by atoms with Gasteiger partial charge in [-0.15, -0.1) is 0 Å². The number of rotatable bonds is 6. The number of benzene rings is 2. The van der Waals surface area contributed by atoms with E-state index in [1.807, 2.05) is 0 Å². The minimum absolute atomic E-state index is 0.0242. The summed E-state index contributed by atoms with van der Waals surface area (Å²) in [5.41, 5.74) is 2.16. The molecule has 0 saturated heterocycles. The van der Waals surface area contributed by atoms with E-state index in [0.29, 0.717) is 34.4 Å². The molecule has 0 aromatic heterocycles. The minimum Gasteiger partial charge on any atom is -0.356 e. The van der Waals surface area contributed by atoms with E-state index >= 15 is 0 Å². The van der Waals surface area contributed by atoms with Gasteiger partial charge >= 0.3 is 0 Å². The van der Waals surface area contributed by atoms with Crippen LogP contribution in [0.5, 0.6) is 0 Å². The molecule has 0 fully saturated rings. The highest BCUT2D eigenvalue weighted by Gasteiger charge is 2.26. The molecule has 0 aliphatic carbocycles. The van der Waals surface area contributed by atoms with Crippen LogP contribution in [0.25, 0.3) is 0 Å². The summed E-state index contributed by atoms with van der Waals surface area (Å²) >= 11 is 11.9. The van der Waals surface area contributed by atoms with E-state index in [9.17, 15) is 14.4 Å². The summed E-state index contributed by atoms with van der Waals surface area (Å²) in [5, 5.41) is 6.60. The molecule has 3 amide bonds. The summed E-state index contributed by atoms with van der Waals surface area (Å²) < 4.78 is 0. The fourth-order valence-corrected chi connectivity index (χ4v) is 3.57. The van der Waals surface area contributed by atoms with Crippen molar-refractivity contribution in [3.8, 4) is 0 Å². The summed E-state index contributed by atoms with van der Waals surface area (Å²) in [5.74, 6) is -0.744. The number of hydrogen-bond acceptors (Lipinski definition) is 3. The Morgan fingerprint density at radius 2 is 1.79 bits per heavy atom. The molecule has 1 aliphatic heterocycles. The maximum absolute atomic E-state index is 12.5. The lowest BCUT2D eigenvalue weighted by atomic mass is 10.1. The molecule has 0 saturated carbocycles. The number of nitrogens with zero attached hydrogens (tertiary/aromatic N) is 1. The standard InChI is InChI=1S/C20H19Cl2N3O3/c21-14-9-13(10-15(22)11-14)7-8-23-18(26)5-6-20(28)25-12-19(27)24-16-3-1-2-4-17(16)25/h1-4,9-11H,5-8,12H2,(H,23,26)(H,24,27). The number of para-hydroxylation sites is 2. The van der Waals surface area contributed by atoms with Crippen LogP contribution in [0.15, 0.2) is 42.5 Å². The van der Waals surface area contributed by atoms with Gasteiger partial charge in [0.1, 0.15) is 6.54 Å². The molecule has 0 unspecified atom stereocenters. The third-order valence-corrected chi connectivity index (χ3v) is 4.73. The lowest BCUT2D eigenvalue weighted by Crippen LogP contribution is -2.42. The van der Waals surface area contributed by atoms with Crippen LogP contribution in [0, 0.1) is 0 Å². The average molecular weight is 420 g/mol. The molecule has 0 spiro atoms. The van der Waals surface area contributed by atoms with Gasteiger partial charge in [0.15, 0.2) is 0 Å². The smallest absolute Gasteiger partial charge is 0.244 e. The molecule has 8 heteroatoms. The van der Waals surface area contributed by atoms with Gasteiger partial charge in [0.05, 0.1) is 11.4 Å². The monoisotopic (exact) mass is 419 g/mol. The molecule has 0 radical (unpaired) electrons. The van der Waals surface area contributed by atoms with E-state index in [4.69, 9.17) is 23.2 Å². The Hall–Kier alpha value is -2.57. The predicted octanol–water partition coefficient (Wildman–Crippen LogP) is 3.42. The van der Waals surface area contributed by atoms with Crippen molar-refractivity contribution in [3.05, 3.63) is 58.1 Å². The number of carbonyl (C=O) groups is 3. The second kappa shape index (κ2) is 9.08. The van der Waals surface area contributed by atoms with Crippen molar-refractivity contribution in [2.75, 3.05) is 23.3 Å². The zero-order valence-corrected chi connectivity index (χ0v) is 16.5. The Balaban J connectivity index is 1.48. The van der Waals surface area contributed by atoms with E-state index in [2.05, 4.69) is 10.6 Å². The first-order valence-electron chi connectivity index (χ1n) is 8.83. The van der Waals surface area contributed by atoms with E-state index in [-0.39, 0.29) is 37.1 Å². The quantitative estimate of drug-likeness (QED) is 0.752. The number of nitrogens with one attached hydrogen (secondary N) is 2. The Kier molecular flexibility index (Phi) is 6.54. The predicted molar refractivity (Wildman–Crippen MR) is 110 cm³/mol. The van der Waals surface area contributed by atoms with Crippen LogP contribution in [0.4, 0.5) is 11.4 Å². The molecule has 1 aliphatic rings. The minimum atomic E-state index is -0.265. The lowest BCUT2D eigenvalue weighted by molar-refractivity contribution is -0.125. The number of hydrogen-bond donors (Lipinski definition) is 2. The lowest BCUT2D eigenvalue weighted by Gasteiger charge is -2.29. The molecule has 2 aromatic rings. The Morgan fingerprint density at radius 1 is 1.07 bits per heavy atom. The third-order valence-electron chi connectivity index (χ3n) is 4.30. The molecule has 2 aromatic carbocycles. The van der Waals surface area contributed by atoms with E-state index in [1.54, 1.807) is 42.5 Å². The van der Waals surface area contributed by atoms with Crippen molar-refractivity contribution in [1.82, 2.24) is 5.32 Å². The fourth-order valence-electron chi connectivity index (χ4n) is 3.00. The van der Waals surface area contributed by atoms with Crippen LogP contribution in [0.2, 0.25) is 10.0 Å². The van der Waals surface area contributed by atoms with E-state index in [0.717, 1.165) is 5.56 Å². The van der Waals surface area contributed by atoms with Crippen molar-refractivity contribution >= 4 is 52.3 Å². The van der Waals surface area contributed by atoms with Gasteiger partial charge in [-0.05, 0) is 42.3 Å². The topological polar surface area (TPSA) is 78.5 Å². The van der Waals surface area contributed by atoms with Crippen molar-refractivity contribution in [2.45, 2.75) is 19.3 Å². The number of halogens is 2. The Morgan fingerprint density at radius 3 is 2.54 bits per heavy atom. The largest absolute Gasteiger partial charge is 0.356 e. The first kappa shape index (κ1) is 20.2. The molecular weight excluding hydrogens is 401 g/mol. The van der Waals surface area contributed by atoms with Gasteiger partial charge in [-0.1, -0.05) is 35.3 Å². The summed E-state index contributed by atoms with van der Waals surface area (Å²) in [6.07, 6.45) is 0.658. The molecule has 146 valence electrons. The summed E-state index contributed by atoms with van der Waals surface area (Å²) in [6.45, 7) is 0.367. The van der Waals surface area contributed by atoms with Crippen molar-refractivity contribution in [2.24, 2.45) is 0 Å². The Labute approximate surface area is 172 Å². The molecule has 1 heterocycles. The van der Waals surface area contributed by atoms with Gasteiger partial charge in [-0.3, -0.25) is 14.4 Å². The summed E-state index contributed by atoms with van der Waals surface area (Å²) in [4.78, 5) is 37.8. The van der Waals surface area contributed by atoms with Crippen LogP contribution in [-0.4, -0.2) is 30.8 Å². The van der Waals surface area contributed by atoms with Crippen LogP contribution in [0.3, 0.4) is 0 Å². The number of carbonyl (C=O) groups excluding carboxylic acids is 3. The Bertz CT molecular complexity index is 897. The third kappa shape index (κ3) is 5.24. The van der Waals surface area contributed by atoms with Crippen molar-refractivity contribution in [1.29, 1.82) is 0 Å². The maximum atomic E-state index is 12.5. The van der Waals surface area contributed by atoms with E-state index in [1.165, 1.54) is 4.90 Å². The highest BCUT2D eigenvalue weighted by molar-refractivity contribution is 6.34. The highest BCUT2D eigenvalue weighted by Crippen LogP contribution is 2.29. The van der Waals surface area contributed by atoms with Gasteiger partial charge in [0, 0.05) is 29.4 Å². The van der Waals surface area contributed by atoms with Crippen LogP contribution in [0.1, 0.15) is 18.4 Å². The maximum Gasteiger partial charge on any atom is 0.244 e. The first-order chi connectivity index (χ1) is 13.4. The molecule has 28 heavy (non-hydrogen) atoms. The normalized spacial score (nSPS) is 12.9. The van der Waals surface area contributed by atoms with Crippen LogP contribution in [-0.2, 0) is 20.8 Å². The zero-order chi connectivity index (χ0) is 20.1. The van der Waals surface area contributed by atoms with Crippen LogP contribution < -0.4 is 15.5 Å². The number of amides is 3. The van der Waals surface area contributed by atoms with Gasteiger partial charge in [-0.2, -0.15) is 0 Å². The number of anilines is 2. The van der Waals surface area contributed by atoms with Crippen molar-refractivity contribution < 1.29 is 14.4 Å². The summed E-state index contributed by atoms with van der Waals surface area (Å²) in [6, 6.07) is 12.3. The fraction of sp³-hybridized carbons (Fsp3) is 0.250. The molecule has 0 atom stereocenters. The van der Waals surface area contributed by atoms with Crippen molar-refractivity contribution in [3.63, 3.8) is 0 Å². The molecule has 3 rings (SSSR count). The molecule has 2 N–H and O–H groups in total. The van der Waals surface area contributed by atoms with Gasteiger partial charge in [0.2, 0.25) is 17.7 Å². The second-order valence-corrected chi connectivity index (χ2v) is 7.30. The number of fused-ring (bicyclic) bond motifs is 1. The first-order valence-corrected chi connectivity index (χ1v) is 9.59. The molecule has 6 nitrogen and oxygen atoms in total. The van der Waals surface area contributed by atoms with E-state index < -0.39 is 0 Å². The van der Waals surface area contributed by atoms with Gasteiger partial charge in [-0.25, -0.2) is 0 Å². The highest BCUT2D eigenvalue weighted by atomic mass is 35.5. The molecular formula is C20H19Cl2N3O3. The second-order valence-electron chi connectivity index (χ2n) is 6.42. The zero-order valence-electron chi connectivity index (χ0n) is 15.0. The molecule has 0 bridgehead atoms. The van der Waals surface area contributed by atoms with Crippen LogP contribution >= 0.6 is 23.2 Å². The van der Waals surface area contributed by atoms with Gasteiger partial charge < -0.3 is 15.5 Å². The average Bonchev–Trinajstić information content (AvgIpc) is 2.64. The SMILES string of the molecule is O=C(CCC(=O)N1CC(=O)Nc2ccccc21)NCCc1cc(Cl)cc(Cl)c1.